The van der Waals surface area contributed by atoms with Crippen LogP contribution in [0, 0.1) is 5.82 Å². The molecule has 0 aliphatic carbocycles. The summed E-state index contributed by atoms with van der Waals surface area (Å²) in [6.45, 7) is 0. The maximum Gasteiger partial charge on any atom is 0.573 e. The Hall–Kier alpha value is -1.66. The van der Waals surface area contributed by atoms with Crippen molar-refractivity contribution in [2.45, 2.75) is 6.36 Å². The molecule has 0 heterocycles. The average molecular weight is 210 g/mol. The molecular weight excluding hydrogens is 204 g/mol. The fraction of sp³-hybridized carbons (Fsp3) is 0.143. The van der Waals surface area contributed by atoms with Gasteiger partial charge in [0.1, 0.15) is 0 Å². The Kier molecular flexibility index (Phi) is 2.41. The quantitative estimate of drug-likeness (QED) is 0.549. The fourth-order valence-corrected chi connectivity index (χ4v) is 0.860. The summed E-state index contributed by atoms with van der Waals surface area (Å²) in [5, 5.41) is 0. The van der Waals surface area contributed by atoms with Crippen LogP contribution in [0.5, 0.6) is 5.75 Å². The molecule has 0 saturated heterocycles. The monoisotopic (exact) mass is 210 g/mol. The molecule has 0 amide bonds. The van der Waals surface area contributed by atoms with Gasteiger partial charge in [0.15, 0.2) is 11.6 Å². The first-order valence-electron chi connectivity index (χ1n) is 3.40. The van der Waals surface area contributed by atoms with Gasteiger partial charge in [-0.15, -0.1) is 13.2 Å². The minimum atomic E-state index is -4.98. The van der Waals surface area contributed by atoms with E-state index >= 15 is 0 Å². The molecular formula is C7H6F4N2O. The molecule has 0 aliphatic rings. The van der Waals surface area contributed by atoms with E-state index < -0.39 is 23.6 Å². The van der Waals surface area contributed by atoms with Gasteiger partial charge in [0, 0.05) is 11.8 Å². The highest BCUT2D eigenvalue weighted by molar-refractivity contribution is 5.61. The predicted molar refractivity (Wildman–Crippen MR) is 41.9 cm³/mol. The first kappa shape index (κ1) is 10.4. The third-order valence-corrected chi connectivity index (χ3v) is 1.31. The summed E-state index contributed by atoms with van der Waals surface area (Å²) in [6.07, 6.45) is -4.98. The fourth-order valence-electron chi connectivity index (χ4n) is 0.860. The van der Waals surface area contributed by atoms with Gasteiger partial charge in [-0.05, 0) is 6.07 Å². The van der Waals surface area contributed by atoms with E-state index in [1.807, 2.05) is 0 Å². The average Bonchev–Trinajstić information content (AvgIpc) is 1.95. The largest absolute Gasteiger partial charge is 0.573 e. The topological polar surface area (TPSA) is 61.3 Å². The Morgan fingerprint density at radius 2 is 1.71 bits per heavy atom. The van der Waals surface area contributed by atoms with Gasteiger partial charge in [-0.25, -0.2) is 4.39 Å². The molecule has 0 aromatic heterocycles. The van der Waals surface area contributed by atoms with Gasteiger partial charge < -0.3 is 16.2 Å². The smallest absolute Gasteiger partial charge is 0.400 e. The van der Waals surface area contributed by atoms with E-state index in [-0.39, 0.29) is 5.69 Å². The molecule has 14 heavy (non-hydrogen) atoms. The number of benzene rings is 1. The highest BCUT2D eigenvalue weighted by Crippen LogP contribution is 2.32. The summed E-state index contributed by atoms with van der Waals surface area (Å²) in [5.41, 5.74) is 9.65. The van der Waals surface area contributed by atoms with Gasteiger partial charge >= 0.3 is 6.36 Å². The molecule has 0 fully saturated rings. The second-order valence-corrected chi connectivity index (χ2v) is 2.47. The van der Waals surface area contributed by atoms with Gasteiger partial charge in [-0.2, -0.15) is 0 Å². The second-order valence-electron chi connectivity index (χ2n) is 2.47. The van der Waals surface area contributed by atoms with Gasteiger partial charge in [0.25, 0.3) is 0 Å². The Balaban J connectivity index is 3.09. The van der Waals surface area contributed by atoms with Crippen LogP contribution in [0.15, 0.2) is 12.1 Å². The van der Waals surface area contributed by atoms with Gasteiger partial charge in [-0.1, -0.05) is 0 Å². The predicted octanol–water partition coefficient (Wildman–Crippen LogP) is 1.89. The van der Waals surface area contributed by atoms with E-state index in [2.05, 4.69) is 4.74 Å². The van der Waals surface area contributed by atoms with E-state index in [4.69, 9.17) is 11.5 Å². The molecule has 1 aromatic rings. The number of ether oxygens (including phenoxy) is 1. The number of hydrogen-bond donors (Lipinski definition) is 2. The number of alkyl halides is 3. The summed E-state index contributed by atoms with van der Waals surface area (Å²) in [7, 11) is 0. The van der Waals surface area contributed by atoms with Crippen LogP contribution < -0.4 is 16.2 Å². The van der Waals surface area contributed by atoms with Crippen molar-refractivity contribution in [1.29, 1.82) is 0 Å². The zero-order valence-corrected chi connectivity index (χ0v) is 6.73. The molecule has 7 heteroatoms. The van der Waals surface area contributed by atoms with Crippen LogP contribution in [0.25, 0.3) is 0 Å². The first-order valence-corrected chi connectivity index (χ1v) is 3.40. The summed E-state index contributed by atoms with van der Waals surface area (Å²) >= 11 is 0. The van der Waals surface area contributed by atoms with Gasteiger partial charge in [0.05, 0.1) is 5.69 Å². The van der Waals surface area contributed by atoms with Crippen molar-refractivity contribution in [2.75, 3.05) is 11.5 Å². The summed E-state index contributed by atoms with van der Waals surface area (Å²) in [5.74, 6) is -2.31. The van der Waals surface area contributed by atoms with Crippen LogP contribution in [-0.2, 0) is 0 Å². The minimum Gasteiger partial charge on any atom is -0.400 e. The van der Waals surface area contributed by atoms with Crippen LogP contribution >= 0.6 is 0 Å². The van der Waals surface area contributed by atoms with Crippen molar-refractivity contribution in [3.05, 3.63) is 17.9 Å². The third kappa shape index (κ3) is 2.41. The van der Waals surface area contributed by atoms with Crippen LogP contribution in [0.4, 0.5) is 28.9 Å². The molecule has 3 nitrogen and oxygen atoms in total. The number of hydrogen-bond acceptors (Lipinski definition) is 3. The lowest BCUT2D eigenvalue weighted by Crippen LogP contribution is -2.19. The van der Waals surface area contributed by atoms with Crippen LogP contribution in [0.2, 0.25) is 0 Å². The highest BCUT2D eigenvalue weighted by Gasteiger charge is 2.33. The number of halogens is 4. The van der Waals surface area contributed by atoms with Gasteiger partial charge in [0.2, 0.25) is 0 Å². The van der Waals surface area contributed by atoms with E-state index in [9.17, 15) is 17.6 Å². The van der Waals surface area contributed by atoms with E-state index in [0.717, 1.165) is 6.07 Å². The number of nitrogens with two attached hydrogens (primary N) is 2. The van der Waals surface area contributed by atoms with Crippen molar-refractivity contribution < 1.29 is 22.3 Å². The SMILES string of the molecule is Nc1cc(N)c(OC(F)(F)F)c(F)c1. The molecule has 0 bridgehead atoms. The number of nitrogen functional groups attached to an aromatic ring is 2. The Labute approximate surface area is 76.3 Å². The van der Waals surface area contributed by atoms with Crippen LogP contribution in [-0.4, -0.2) is 6.36 Å². The Morgan fingerprint density at radius 3 is 2.14 bits per heavy atom. The summed E-state index contributed by atoms with van der Waals surface area (Å²) in [6, 6.07) is 1.67. The van der Waals surface area contributed by atoms with Crippen molar-refractivity contribution in [3.63, 3.8) is 0 Å². The first-order chi connectivity index (χ1) is 6.29. The Morgan fingerprint density at radius 1 is 1.14 bits per heavy atom. The molecule has 1 aromatic carbocycles. The lowest BCUT2D eigenvalue weighted by molar-refractivity contribution is -0.275. The van der Waals surface area contributed by atoms with Crippen molar-refractivity contribution in [2.24, 2.45) is 0 Å². The van der Waals surface area contributed by atoms with E-state index in [1.54, 1.807) is 0 Å². The van der Waals surface area contributed by atoms with Crippen molar-refractivity contribution in [3.8, 4) is 5.75 Å². The minimum absolute atomic E-state index is 0.0745. The number of anilines is 2. The zero-order valence-electron chi connectivity index (χ0n) is 6.73. The number of rotatable bonds is 1. The molecule has 4 N–H and O–H groups in total. The molecule has 0 unspecified atom stereocenters. The van der Waals surface area contributed by atoms with Gasteiger partial charge in [-0.3, -0.25) is 0 Å². The molecule has 0 aliphatic heterocycles. The lowest BCUT2D eigenvalue weighted by Gasteiger charge is -2.12. The Bertz CT molecular complexity index is 327. The molecule has 0 spiro atoms. The van der Waals surface area contributed by atoms with Crippen LogP contribution in [0.1, 0.15) is 0 Å². The maximum atomic E-state index is 12.9. The summed E-state index contributed by atoms with van der Waals surface area (Å²) < 4.78 is 51.4. The molecule has 1 rings (SSSR count). The molecule has 78 valence electrons. The molecule has 0 saturated carbocycles. The standard InChI is InChI=1S/C7H6F4N2O/c8-4-1-3(12)2-5(13)6(4)14-7(9,10)11/h1-2H,12-13H2. The maximum absolute atomic E-state index is 12.9. The molecule has 0 radical (unpaired) electrons. The van der Waals surface area contributed by atoms with E-state index in [1.165, 1.54) is 0 Å². The molecule has 0 atom stereocenters. The van der Waals surface area contributed by atoms with Crippen LogP contribution in [0.3, 0.4) is 0 Å². The second kappa shape index (κ2) is 3.24. The summed E-state index contributed by atoms with van der Waals surface area (Å²) in [4.78, 5) is 0. The normalized spacial score (nSPS) is 11.4. The zero-order chi connectivity index (χ0) is 10.9. The van der Waals surface area contributed by atoms with Crippen molar-refractivity contribution in [1.82, 2.24) is 0 Å². The van der Waals surface area contributed by atoms with Crippen molar-refractivity contribution >= 4 is 11.4 Å². The third-order valence-electron chi connectivity index (χ3n) is 1.31. The highest BCUT2D eigenvalue weighted by atomic mass is 19.4. The van der Waals surface area contributed by atoms with E-state index in [0.29, 0.717) is 6.07 Å². The lowest BCUT2D eigenvalue weighted by atomic mass is 10.2.